The summed E-state index contributed by atoms with van der Waals surface area (Å²) in [5, 5.41) is 0. The van der Waals surface area contributed by atoms with Crippen molar-refractivity contribution in [1.82, 2.24) is 0 Å². The van der Waals surface area contributed by atoms with Crippen molar-refractivity contribution in [2.24, 2.45) is 26.7 Å². The largest absolute Gasteiger partial charge is 0.467 e. The van der Waals surface area contributed by atoms with Gasteiger partial charge in [0.2, 0.25) is 0 Å². The Morgan fingerprint density at radius 3 is 2.50 bits per heavy atom. The van der Waals surface area contributed by atoms with Crippen molar-refractivity contribution in [3.63, 3.8) is 0 Å². The third kappa shape index (κ3) is 2.95. The second-order valence-electron chi connectivity index (χ2n) is 7.46. The predicted octanol–water partition coefficient (Wildman–Crippen LogP) is 4.48. The first-order valence-electron chi connectivity index (χ1n) is 8.34. The van der Waals surface area contributed by atoms with Crippen molar-refractivity contribution in [2.75, 3.05) is 7.11 Å². The quantitative estimate of drug-likeness (QED) is 0.564. The fraction of sp³-hybridized carbons (Fsp3) is 0.526. The zero-order valence-electron chi connectivity index (χ0n) is 14.7. The number of fused-ring (bicyclic) bond motifs is 2. The molecule has 24 heavy (non-hydrogen) atoms. The molecule has 0 spiro atoms. The van der Waals surface area contributed by atoms with E-state index in [9.17, 15) is 4.79 Å². The second kappa shape index (κ2) is 6.04. The summed E-state index contributed by atoms with van der Waals surface area (Å²) in [5.74, 6) is 1.08. The molecule has 0 heterocycles. The van der Waals surface area contributed by atoms with Crippen LogP contribution in [0.2, 0.25) is 0 Å². The van der Waals surface area contributed by atoms with Gasteiger partial charge < -0.3 is 9.47 Å². The van der Waals surface area contributed by atoms with E-state index in [4.69, 9.17) is 9.47 Å². The lowest BCUT2D eigenvalue weighted by atomic mass is 9.71. The van der Waals surface area contributed by atoms with E-state index in [-0.39, 0.29) is 16.9 Å². The fourth-order valence-corrected chi connectivity index (χ4v) is 4.22. The van der Waals surface area contributed by atoms with Crippen molar-refractivity contribution in [2.45, 2.75) is 40.0 Å². The van der Waals surface area contributed by atoms with Crippen LogP contribution in [0.25, 0.3) is 0 Å². The smallest absolute Gasteiger partial charge is 0.443 e. The summed E-state index contributed by atoms with van der Waals surface area (Å²) in [6.07, 6.45) is 2.78. The molecule has 0 aliphatic heterocycles. The standard InChI is InChI=1S/C19H24N2O3/c1-18(2)13-10-11-19(3,12-13)15(18)20-16(23-4)21-17(22)24-14-8-6-5-7-9-14/h5-9,13H,10-12H2,1-4H3/b20-15-,21-16-. The van der Waals surface area contributed by atoms with Crippen LogP contribution in [0.1, 0.15) is 40.0 Å². The van der Waals surface area contributed by atoms with Crippen molar-refractivity contribution in [3.8, 4) is 5.75 Å². The van der Waals surface area contributed by atoms with Crippen LogP contribution in [0.4, 0.5) is 4.79 Å². The SMILES string of the molecule is COC(=N\C(=O)Oc1ccccc1)/N=C1\C2(C)CCC(C2)C1(C)C. The maximum atomic E-state index is 12.0. The third-order valence-electron chi connectivity index (χ3n) is 5.47. The van der Waals surface area contributed by atoms with Crippen LogP contribution in [0.15, 0.2) is 40.3 Å². The van der Waals surface area contributed by atoms with Gasteiger partial charge in [0.05, 0.1) is 7.11 Å². The number of carbonyl (C=O) groups is 1. The lowest BCUT2D eigenvalue weighted by molar-refractivity contribution is 0.210. The fourth-order valence-electron chi connectivity index (χ4n) is 4.22. The number of para-hydroxylation sites is 1. The Morgan fingerprint density at radius 1 is 1.21 bits per heavy atom. The normalized spacial score (nSPS) is 29.8. The number of amidine groups is 1. The Hall–Kier alpha value is -2.17. The average Bonchev–Trinajstić information content (AvgIpc) is 3.02. The Labute approximate surface area is 142 Å². The number of carbonyl (C=O) groups excluding carboxylic acids is 1. The Kier molecular flexibility index (Phi) is 4.20. The monoisotopic (exact) mass is 328 g/mol. The molecule has 2 bridgehead atoms. The number of hydrogen-bond acceptors (Lipinski definition) is 3. The molecule has 2 unspecified atom stereocenters. The molecule has 2 aliphatic rings. The number of ether oxygens (including phenoxy) is 2. The number of rotatable bonds is 1. The molecule has 0 N–H and O–H groups in total. The summed E-state index contributed by atoms with van der Waals surface area (Å²) in [4.78, 5) is 20.5. The third-order valence-corrected chi connectivity index (χ3v) is 5.47. The Balaban J connectivity index is 1.82. The summed E-state index contributed by atoms with van der Waals surface area (Å²) in [6.45, 7) is 6.68. The molecule has 128 valence electrons. The van der Waals surface area contributed by atoms with Crippen molar-refractivity contribution in [1.29, 1.82) is 0 Å². The second-order valence-corrected chi connectivity index (χ2v) is 7.46. The lowest BCUT2D eigenvalue weighted by Gasteiger charge is -2.35. The molecule has 2 atom stereocenters. The molecule has 0 saturated heterocycles. The van der Waals surface area contributed by atoms with Crippen molar-refractivity contribution < 1.29 is 14.3 Å². The molecule has 5 nitrogen and oxygen atoms in total. The molecular weight excluding hydrogens is 304 g/mol. The maximum absolute atomic E-state index is 12.0. The van der Waals surface area contributed by atoms with E-state index < -0.39 is 6.09 Å². The van der Waals surface area contributed by atoms with Gasteiger partial charge >= 0.3 is 12.1 Å². The van der Waals surface area contributed by atoms with Gasteiger partial charge in [-0.2, -0.15) is 0 Å². The highest BCUT2D eigenvalue weighted by Gasteiger charge is 2.57. The van der Waals surface area contributed by atoms with E-state index in [2.05, 4.69) is 30.8 Å². The van der Waals surface area contributed by atoms with Crippen LogP contribution in [0.3, 0.4) is 0 Å². The molecule has 5 heteroatoms. The Bertz CT molecular complexity index is 687. The summed E-state index contributed by atoms with van der Waals surface area (Å²) < 4.78 is 10.4. The van der Waals surface area contributed by atoms with Crippen LogP contribution in [0.5, 0.6) is 5.75 Å². The highest BCUT2D eigenvalue weighted by molar-refractivity contribution is 6.05. The zero-order chi connectivity index (χ0) is 17.4. The maximum Gasteiger partial charge on any atom is 0.443 e. The van der Waals surface area contributed by atoms with Gasteiger partial charge in [-0.1, -0.05) is 39.0 Å². The van der Waals surface area contributed by atoms with E-state index in [1.807, 2.05) is 6.07 Å². The number of benzene rings is 1. The number of amides is 1. The van der Waals surface area contributed by atoms with Gasteiger partial charge in [-0.15, -0.1) is 4.99 Å². The van der Waals surface area contributed by atoms with E-state index >= 15 is 0 Å². The predicted molar refractivity (Wildman–Crippen MR) is 93.6 cm³/mol. The van der Waals surface area contributed by atoms with Gasteiger partial charge in [0.15, 0.2) is 0 Å². The Morgan fingerprint density at radius 2 is 1.92 bits per heavy atom. The van der Waals surface area contributed by atoms with Gasteiger partial charge in [0.1, 0.15) is 5.75 Å². The molecule has 2 aliphatic carbocycles. The number of nitrogens with zero attached hydrogens (tertiary/aromatic N) is 2. The van der Waals surface area contributed by atoms with Gasteiger partial charge in [-0.3, -0.25) is 0 Å². The number of methoxy groups -OCH3 is 1. The van der Waals surface area contributed by atoms with Gasteiger partial charge in [0.25, 0.3) is 0 Å². The summed E-state index contributed by atoms with van der Waals surface area (Å²) >= 11 is 0. The molecule has 2 saturated carbocycles. The van der Waals surface area contributed by atoms with Crippen LogP contribution < -0.4 is 4.74 Å². The summed E-state index contributed by atoms with van der Waals surface area (Å²) in [5.41, 5.74) is 1.17. The average molecular weight is 328 g/mol. The van der Waals surface area contributed by atoms with Crippen LogP contribution in [-0.4, -0.2) is 24.9 Å². The molecule has 1 aromatic carbocycles. The first kappa shape index (κ1) is 16.7. The highest BCUT2D eigenvalue weighted by Crippen LogP contribution is 2.60. The van der Waals surface area contributed by atoms with Crippen LogP contribution in [-0.2, 0) is 4.74 Å². The molecule has 2 fully saturated rings. The van der Waals surface area contributed by atoms with Gasteiger partial charge in [-0.25, -0.2) is 9.79 Å². The molecule has 3 rings (SSSR count). The first-order valence-corrected chi connectivity index (χ1v) is 8.34. The first-order chi connectivity index (χ1) is 11.3. The van der Waals surface area contributed by atoms with Gasteiger partial charge in [0, 0.05) is 16.5 Å². The topological polar surface area (TPSA) is 60.2 Å². The minimum Gasteiger partial charge on any atom is -0.467 e. The van der Waals surface area contributed by atoms with E-state index in [1.165, 1.54) is 13.5 Å². The molecule has 1 amide bonds. The van der Waals surface area contributed by atoms with E-state index in [0.717, 1.165) is 18.6 Å². The van der Waals surface area contributed by atoms with Crippen LogP contribution >= 0.6 is 0 Å². The molecule has 1 aromatic rings. The summed E-state index contributed by atoms with van der Waals surface area (Å²) in [7, 11) is 1.47. The van der Waals surface area contributed by atoms with E-state index in [1.54, 1.807) is 24.3 Å². The highest BCUT2D eigenvalue weighted by atomic mass is 16.6. The van der Waals surface area contributed by atoms with Crippen LogP contribution in [0, 0.1) is 16.7 Å². The molecule has 0 aromatic heterocycles. The van der Waals surface area contributed by atoms with Gasteiger partial charge in [-0.05, 0) is 37.3 Å². The zero-order valence-corrected chi connectivity index (χ0v) is 14.7. The van der Waals surface area contributed by atoms with Crippen molar-refractivity contribution in [3.05, 3.63) is 30.3 Å². The number of hydrogen-bond donors (Lipinski definition) is 0. The molecular formula is C19H24N2O3. The summed E-state index contributed by atoms with van der Waals surface area (Å²) in [6, 6.07) is 8.90. The minimum atomic E-state index is -0.728. The number of aliphatic imine (C=N–C) groups is 2. The molecule has 0 radical (unpaired) electrons. The minimum absolute atomic E-state index is 0.00956. The van der Waals surface area contributed by atoms with E-state index in [0.29, 0.717) is 11.7 Å². The van der Waals surface area contributed by atoms with Crippen molar-refractivity contribution >= 4 is 17.8 Å². The lowest BCUT2D eigenvalue weighted by Crippen LogP contribution is -2.36.